The molecule has 0 aromatic carbocycles. The van der Waals surface area contributed by atoms with Gasteiger partial charge in [-0.15, -0.1) is 10.2 Å². The molecule has 0 aliphatic heterocycles. The largest absolute Gasteiger partial charge is 0.355 e. The Morgan fingerprint density at radius 2 is 1.94 bits per heavy atom. The predicted octanol–water partition coefficient (Wildman–Crippen LogP) is 1.78. The first-order chi connectivity index (χ1) is 7.41. The highest BCUT2D eigenvalue weighted by Gasteiger charge is 2.27. The fourth-order valence-electron chi connectivity index (χ4n) is 1.53. The van der Waals surface area contributed by atoms with Crippen molar-refractivity contribution in [3.05, 3.63) is 5.82 Å². The zero-order valence-electron chi connectivity index (χ0n) is 10.9. The monoisotopic (exact) mass is 225 g/mol. The molecule has 0 saturated carbocycles. The van der Waals surface area contributed by atoms with Crippen molar-refractivity contribution in [3.8, 4) is 0 Å². The molecule has 0 aliphatic rings. The van der Waals surface area contributed by atoms with Crippen LogP contribution in [0.4, 0.5) is 5.95 Å². The molecule has 0 saturated heterocycles. The van der Waals surface area contributed by atoms with Gasteiger partial charge in [0.25, 0.3) is 0 Å². The molecule has 92 valence electrons. The standard InChI is InChI=1S/C11H23N5/c1-6-13-10-15-14-9(16(10)7-2)8(12)11(3,4)5/h8H,6-7,12H2,1-5H3,(H,13,15). The van der Waals surface area contributed by atoms with Gasteiger partial charge in [-0.05, 0) is 19.3 Å². The maximum Gasteiger partial charge on any atom is 0.224 e. The highest BCUT2D eigenvalue weighted by atomic mass is 15.4. The summed E-state index contributed by atoms with van der Waals surface area (Å²) in [5.41, 5.74) is 6.20. The van der Waals surface area contributed by atoms with Crippen molar-refractivity contribution in [3.63, 3.8) is 0 Å². The Morgan fingerprint density at radius 1 is 1.31 bits per heavy atom. The molecule has 5 heteroatoms. The van der Waals surface area contributed by atoms with Crippen molar-refractivity contribution < 1.29 is 0 Å². The van der Waals surface area contributed by atoms with E-state index in [0.29, 0.717) is 0 Å². The fraction of sp³-hybridized carbons (Fsp3) is 0.818. The summed E-state index contributed by atoms with van der Waals surface area (Å²) in [5, 5.41) is 11.5. The molecule has 0 aliphatic carbocycles. The highest BCUT2D eigenvalue weighted by molar-refractivity contribution is 5.26. The maximum absolute atomic E-state index is 6.21. The molecule has 1 heterocycles. The van der Waals surface area contributed by atoms with Crippen molar-refractivity contribution >= 4 is 5.95 Å². The van der Waals surface area contributed by atoms with Crippen LogP contribution in [0.15, 0.2) is 0 Å². The lowest BCUT2D eigenvalue weighted by atomic mass is 9.87. The average Bonchev–Trinajstić information content (AvgIpc) is 2.58. The lowest BCUT2D eigenvalue weighted by Gasteiger charge is -2.26. The molecule has 1 rings (SSSR count). The smallest absolute Gasteiger partial charge is 0.224 e. The minimum Gasteiger partial charge on any atom is -0.355 e. The molecule has 1 aromatic rings. The molecule has 0 bridgehead atoms. The minimum atomic E-state index is -0.104. The van der Waals surface area contributed by atoms with Crippen LogP contribution in [0.5, 0.6) is 0 Å². The van der Waals surface area contributed by atoms with E-state index in [2.05, 4.69) is 43.2 Å². The molecule has 0 amide bonds. The fourth-order valence-corrected chi connectivity index (χ4v) is 1.53. The van der Waals surface area contributed by atoms with Gasteiger partial charge in [-0.2, -0.15) is 0 Å². The second-order valence-corrected chi connectivity index (χ2v) is 5.00. The van der Waals surface area contributed by atoms with Crippen LogP contribution in [0.3, 0.4) is 0 Å². The van der Waals surface area contributed by atoms with Crippen LogP contribution >= 0.6 is 0 Å². The van der Waals surface area contributed by atoms with Crippen molar-refractivity contribution in [2.24, 2.45) is 11.1 Å². The van der Waals surface area contributed by atoms with E-state index < -0.39 is 0 Å². The van der Waals surface area contributed by atoms with Crippen LogP contribution in [-0.2, 0) is 6.54 Å². The topological polar surface area (TPSA) is 68.8 Å². The van der Waals surface area contributed by atoms with Gasteiger partial charge in [0.15, 0.2) is 5.82 Å². The van der Waals surface area contributed by atoms with Gasteiger partial charge in [0.05, 0.1) is 6.04 Å². The van der Waals surface area contributed by atoms with Crippen LogP contribution < -0.4 is 11.1 Å². The first-order valence-corrected chi connectivity index (χ1v) is 5.84. The molecule has 0 spiro atoms. The van der Waals surface area contributed by atoms with E-state index >= 15 is 0 Å². The third-order valence-corrected chi connectivity index (χ3v) is 2.64. The number of anilines is 1. The second-order valence-electron chi connectivity index (χ2n) is 5.00. The summed E-state index contributed by atoms with van der Waals surface area (Å²) < 4.78 is 2.04. The Bertz CT molecular complexity index is 337. The Labute approximate surface area is 97.4 Å². The number of hydrogen-bond acceptors (Lipinski definition) is 4. The van der Waals surface area contributed by atoms with Gasteiger partial charge < -0.3 is 11.1 Å². The number of nitrogens with two attached hydrogens (primary N) is 1. The first kappa shape index (κ1) is 13.0. The van der Waals surface area contributed by atoms with Crippen LogP contribution in [0, 0.1) is 5.41 Å². The molecule has 0 radical (unpaired) electrons. The summed E-state index contributed by atoms with van der Waals surface area (Å²) >= 11 is 0. The third kappa shape index (κ3) is 2.52. The Morgan fingerprint density at radius 3 is 2.38 bits per heavy atom. The molecule has 0 fully saturated rings. The summed E-state index contributed by atoms with van der Waals surface area (Å²) in [5.74, 6) is 1.66. The number of rotatable bonds is 4. The van der Waals surface area contributed by atoms with Gasteiger partial charge in [0.2, 0.25) is 5.95 Å². The second kappa shape index (κ2) is 4.82. The van der Waals surface area contributed by atoms with E-state index in [9.17, 15) is 0 Å². The van der Waals surface area contributed by atoms with Crippen molar-refractivity contribution in [2.45, 2.75) is 47.2 Å². The number of nitrogens with zero attached hydrogens (tertiary/aromatic N) is 3. The zero-order chi connectivity index (χ0) is 12.3. The van der Waals surface area contributed by atoms with E-state index in [1.807, 2.05) is 11.5 Å². The molecule has 1 unspecified atom stereocenters. The van der Waals surface area contributed by atoms with E-state index in [0.717, 1.165) is 24.9 Å². The maximum atomic E-state index is 6.21. The summed E-state index contributed by atoms with van der Waals surface area (Å²) in [6.07, 6.45) is 0. The number of aromatic nitrogens is 3. The third-order valence-electron chi connectivity index (χ3n) is 2.64. The van der Waals surface area contributed by atoms with Crippen LogP contribution in [-0.4, -0.2) is 21.3 Å². The Kier molecular flexibility index (Phi) is 3.91. The average molecular weight is 225 g/mol. The molecule has 1 aromatic heterocycles. The molecular formula is C11H23N5. The van der Waals surface area contributed by atoms with E-state index in [-0.39, 0.29) is 11.5 Å². The predicted molar refractivity (Wildman–Crippen MR) is 66.2 cm³/mol. The highest BCUT2D eigenvalue weighted by Crippen LogP contribution is 2.30. The molecule has 5 nitrogen and oxygen atoms in total. The summed E-state index contributed by atoms with van der Waals surface area (Å²) in [4.78, 5) is 0. The van der Waals surface area contributed by atoms with E-state index in [4.69, 9.17) is 5.73 Å². The SMILES string of the molecule is CCNc1nnc(C(N)C(C)(C)C)n1CC. The van der Waals surface area contributed by atoms with Crippen molar-refractivity contribution in [1.82, 2.24) is 14.8 Å². The summed E-state index contributed by atoms with van der Waals surface area (Å²) in [6, 6.07) is -0.104. The van der Waals surface area contributed by atoms with E-state index in [1.54, 1.807) is 0 Å². The van der Waals surface area contributed by atoms with Gasteiger partial charge in [-0.3, -0.25) is 4.57 Å². The Hall–Kier alpha value is -1.10. The quantitative estimate of drug-likeness (QED) is 0.819. The van der Waals surface area contributed by atoms with Gasteiger partial charge in [0, 0.05) is 13.1 Å². The molecule has 3 N–H and O–H groups in total. The zero-order valence-corrected chi connectivity index (χ0v) is 10.9. The van der Waals surface area contributed by atoms with Gasteiger partial charge in [-0.1, -0.05) is 20.8 Å². The molecule has 1 atom stereocenters. The lowest BCUT2D eigenvalue weighted by molar-refractivity contribution is 0.308. The van der Waals surface area contributed by atoms with Gasteiger partial charge in [-0.25, -0.2) is 0 Å². The summed E-state index contributed by atoms with van der Waals surface area (Å²) in [6.45, 7) is 12.1. The lowest BCUT2D eigenvalue weighted by Crippen LogP contribution is -2.29. The van der Waals surface area contributed by atoms with Crippen molar-refractivity contribution in [2.75, 3.05) is 11.9 Å². The molecule has 16 heavy (non-hydrogen) atoms. The van der Waals surface area contributed by atoms with Gasteiger partial charge in [0.1, 0.15) is 0 Å². The first-order valence-electron chi connectivity index (χ1n) is 5.84. The van der Waals surface area contributed by atoms with Crippen LogP contribution in [0.2, 0.25) is 0 Å². The van der Waals surface area contributed by atoms with Crippen LogP contribution in [0.25, 0.3) is 0 Å². The van der Waals surface area contributed by atoms with Crippen molar-refractivity contribution in [1.29, 1.82) is 0 Å². The number of nitrogens with one attached hydrogen (secondary N) is 1. The minimum absolute atomic E-state index is 0.0105. The molecular weight excluding hydrogens is 202 g/mol. The Balaban J connectivity index is 3.05. The number of hydrogen-bond donors (Lipinski definition) is 2. The van der Waals surface area contributed by atoms with E-state index in [1.165, 1.54) is 0 Å². The normalized spacial score (nSPS) is 13.9. The summed E-state index contributed by atoms with van der Waals surface area (Å²) in [7, 11) is 0. The van der Waals surface area contributed by atoms with Gasteiger partial charge >= 0.3 is 0 Å². The van der Waals surface area contributed by atoms with Crippen LogP contribution in [0.1, 0.15) is 46.5 Å².